The van der Waals surface area contributed by atoms with Gasteiger partial charge in [-0.1, -0.05) is 41.7 Å². The number of ether oxygens (including phenoxy) is 2. The molecule has 2 aromatic carbocycles. The molecule has 10 nitrogen and oxygen atoms in total. The van der Waals surface area contributed by atoms with Crippen molar-refractivity contribution in [1.82, 2.24) is 4.57 Å². The molecule has 0 unspecified atom stereocenters. The van der Waals surface area contributed by atoms with Crippen LogP contribution < -0.4 is 19.6 Å². The number of fused-ring (bicyclic) bond motifs is 1. The third-order valence-electron chi connectivity index (χ3n) is 6.19. The van der Waals surface area contributed by atoms with Crippen LogP contribution in [0.4, 0.5) is 5.69 Å². The molecular weight excluding hydrogens is 522 g/mol. The van der Waals surface area contributed by atoms with Gasteiger partial charge in [0, 0.05) is 18.2 Å². The first-order chi connectivity index (χ1) is 18.8. The van der Waals surface area contributed by atoms with Gasteiger partial charge < -0.3 is 13.9 Å². The van der Waals surface area contributed by atoms with Crippen LogP contribution >= 0.6 is 11.3 Å². The maximum Gasteiger partial charge on any atom is 0.338 e. The van der Waals surface area contributed by atoms with Crippen molar-refractivity contribution in [2.24, 2.45) is 4.99 Å². The molecule has 5 rings (SSSR count). The monoisotopic (exact) mass is 545 g/mol. The highest BCUT2D eigenvalue weighted by Gasteiger charge is 2.33. The summed E-state index contributed by atoms with van der Waals surface area (Å²) in [6, 6.07) is 16.1. The van der Waals surface area contributed by atoms with Crippen molar-refractivity contribution in [3.63, 3.8) is 0 Å². The van der Waals surface area contributed by atoms with Gasteiger partial charge in [-0.15, -0.1) is 0 Å². The predicted molar refractivity (Wildman–Crippen MR) is 144 cm³/mol. The Balaban J connectivity index is 1.62. The fourth-order valence-corrected chi connectivity index (χ4v) is 5.48. The highest BCUT2D eigenvalue weighted by atomic mass is 32.1. The van der Waals surface area contributed by atoms with Crippen LogP contribution in [-0.2, 0) is 9.53 Å². The van der Waals surface area contributed by atoms with E-state index in [0.29, 0.717) is 43.4 Å². The summed E-state index contributed by atoms with van der Waals surface area (Å²) in [6.45, 7) is 3.64. The first kappa shape index (κ1) is 25.9. The molecule has 11 heteroatoms. The molecule has 0 radical (unpaired) electrons. The Morgan fingerprint density at radius 3 is 2.67 bits per heavy atom. The number of hydrogen-bond acceptors (Lipinski definition) is 9. The lowest BCUT2D eigenvalue weighted by Crippen LogP contribution is -2.39. The summed E-state index contributed by atoms with van der Waals surface area (Å²) in [6.07, 6.45) is 1.59. The molecule has 0 aliphatic carbocycles. The molecular formula is C28H23N3O7S. The van der Waals surface area contributed by atoms with Gasteiger partial charge in [0.1, 0.15) is 17.3 Å². The number of nitro groups is 1. The molecule has 4 aromatic rings. The summed E-state index contributed by atoms with van der Waals surface area (Å²) in [5.41, 5.74) is 1.50. The predicted octanol–water partition coefficient (Wildman–Crippen LogP) is 3.98. The Kier molecular flexibility index (Phi) is 6.99. The number of hydrogen-bond donors (Lipinski definition) is 0. The first-order valence-electron chi connectivity index (χ1n) is 12.0. The number of furan rings is 1. The minimum absolute atomic E-state index is 0.106. The minimum atomic E-state index is -0.704. The first-order valence-corrected chi connectivity index (χ1v) is 12.8. The number of benzene rings is 2. The zero-order valence-electron chi connectivity index (χ0n) is 21.2. The number of carbonyl (C=O) groups excluding carboxylic acids is 1. The van der Waals surface area contributed by atoms with Gasteiger partial charge in [0.25, 0.3) is 11.2 Å². The van der Waals surface area contributed by atoms with E-state index in [1.807, 2.05) is 30.3 Å². The zero-order valence-corrected chi connectivity index (χ0v) is 22.1. The van der Waals surface area contributed by atoms with Crippen LogP contribution in [0.2, 0.25) is 0 Å². The lowest BCUT2D eigenvalue weighted by atomic mass is 9.96. The van der Waals surface area contributed by atoms with Crippen LogP contribution in [0.5, 0.6) is 5.75 Å². The van der Waals surface area contributed by atoms with Crippen LogP contribution in [-0.4, -0.2) is 29.2 Å². The number of nitrogens with zero attached hydrogens (tertiary/aromatic N) is 3. The highest BCUT2D eigenvalue weighted by molar-refractivity contribution is 7.07. The van der Waals surface area contributed by atoms with Crippen LogP contribution in [0.15, 0.2) is 86.1 Å². The number of non-ortho nitro benzene ring substituents is 1. The normalized spacial score (nSPS) is 15.1. The number of nitro benzene ring substituents is 1. The van der Waals surface area contributed by atoms with Crippen molar-refractivity contribution in [3.8, 4) is 17.1 Å². The molecule has 0 amide bonds. The smallest absolute Gasteiger partial charge is 0.338 e. The van der Waals surface area contributed by atoms with Crippen LogP contribution in [0.1, 0.15) is 31.2 Å². The molecule has 0 saturated carbocycles. The Morgan fingerprint density at radius 2 is 1.97 bits per heavy atom. The summed E-state index contributed by atoms with van der Waals surface area (Å²) < 4.78 is 18.4. The standard InChI is InChI=1S/C28H23N3O7S/c1-4-37-27(33)24-16(2)29-28-30(25(24)17-8-6-5-7-9-17)26(32)23(39-28)15-19-11-13-22(38-19)20-14-18(31(34)35)10-12-21(20)36-3/h5-15,25H,4H2,1-3H3/b23-15-/t25-/m0/s1. The van der Waals surface area contributed by atoms with E-state index in [1.165, 1.54) is 41.2 Å². The summed E-state index contributed by atoms with van der Waals surface area (Å²) >= 11 is 1.17. The van der Waals surface area contributed by atoms with E-state index >= 15 is 0 Å². The number of allylic oxidation sites excluding steroid dienone is 1. The molecule has 198 valence electrons. The Bertz CT molecular complexity index is 1800. The third kappa shape index (κ3) is 4.79. The average Bonchev–Trinajstić information content (AvgIpc) is 3.52. The van der Waals surface area contributed by atoms with Gasteiger partial charge in [0.15, 0.2) is 4.80 Å². The molecule has 2 aromatic heterocycles. The number of thiazole rings is 1. The van der Waals surface area contributed by atoms with E-state index < -0.39 is 16.9 Å². The molecule has 1 atom stereocenters. The quantitative estimate of drug-likeness (QED) is 0.195. The van der Waals surface area contributed by atoms with Crippen molar-refractivity contribution in [2.75, 3.05) is 13.7 Å². The molecule has 0 fully saturated rings. The second kappa shape index (κ2) is 10.5. The van der Waals surface area contributed by atoms with Crippen molar-refractivity contribution in [2.45, 2.75) is 19.9 Å². The van der Waals surface area contributed by atoms with Gasteiger partial charge in [-0.3, -0.25) is 19.5 Å². The van der Waals surface area contributed by atoms with E-state index in [-0.39, 0.29) is 17.9 Å². The Hall–Kier alpha value is -4.77. The highest BCUT2D eigenvalue weighted by Crippen LogP contribution is 2.35. The van der Waals surface area contributed by atoms with Gasteiger partial charge in [-0.05, 0) is 37.6 Å². The number of rotatable bonds is 7. The fraction of sp³-hybridized carbons (Fsp3) is 0.179. The maximum absolute atomic E-state index is 13.7. The van der Waals surface area contributed by atoms with Crippen molar-refractivity contribution in [3.05, 3.63) is 113 Å². The number of methoxy groups -OCH3 is 1. The van der Waals surface area contributed by atoms with Crippen LogP contribution in [0.3, 0.4) is 0 Å². The minimum Gasteiger partial charge on any atom is -0.496 e. The second-order valence-electron chi connectivity index (χ2n) is 8.56. The number of aromatic nitrogens is 1. The van der Waals surface area contributed by atoms with Gasteiger partial charge in [0.2, 0.25) is 0 Å². The molecule has 1 aliphatic heterocycles. The summed E-state index contributed by atoms with van der Waals surface area (Å²) in [5.74, 6) is 0.591. The van der Waals surface area contributed by atoms with E-state index in [4.69, 9.17) is 13.9 Å². The third-order valence-corrected chi connectivity index (χ3v) is 7.17. The van der Waals surface area contributed by atoms with E-state index in [1.54, 1.807) is 32.1 Å². The fourth-order valence-electron chi connectivity index (χ4n) is 4.45. The molecule has 39 heavy (non-hydrogen) atoms. The lowest BCUT2D eigenvalue weighted by molar-refractivity contribution is -0.384. The zero-order chi connectivity index (χ0) is 27.7. The summed E-state index contributed by atoms with van der Waals surface area (Å²) in [5, 5.41) is 11.3. The van der Waals surface area contributed by atoms with Gasteiger partial charge in [0.05, 0.1) is 46.0 Å². The molecule has 0 bridgehead atoms. The van der Waals surface area contributed by atoms with E-state index in [0.717, 1.165) is 5.56 Å². The lowest BCUT2D eigenvalue weighted by Gasteiger charge is -2.24. The summed E-state index contributed by atoms with van der Waals surface area (Å²) in [4.78, 5) is 42.4. The SMILES string of the molecule is CCOC(=O)C1=C(C)N=c2s/c(=C\c3ccc(-c4cc([N+](=O)[O-])ccc4OC)o3)c(=O)n2[C@H]1c1ccccc1. The Morgan fingerprint density at radius 1 is 1.21 bits per heavy atom. The summed E-state index contributed by atoms with van der Waals surface area (Å²) in [7, 11) is 1.46. The topological polar surface area (TPSA) is 126 Å². The van der Waals surface area contributed by atoms with Crippen molar-refractivity contribution in [1.29, 1.82) is 0 Å². The molecule has 3 heterocycles. The maximum atomic E-state index is 13.7. The molecule has 0 spiro atoms. The van der Waals surface area contributed by atoms with Gasteiger partial charge in [-0.25, -0.2) is 9.79 Å². The number of esters is 1. The second-order valence-corrected chi connectivity index (χ2v) is 9.57. The van der Waals surface area contributed by atoms with Gasteiger partial charge >= 0.3 is 5.97 Å². The van der Waals surface area contributed by atoms with E-state index in [2.05, 4.69) is 4.99 Å². The van der Waals surface area contributed by atoms with E-state index in [9.17, 15) is 19.7 Å². The van der Waals surface area contributed by atoms with Crippen LogP contribution in [0.25, 0.3) is 17.4 Å². The molecule has 0 N–H and O–H groups in total. The number of carbonyl (C=O) groups is 1. The van der Waals surface area contributed by atoms with Crippen LogP contribution in [0, 0.1) is 10.1 Å². The van der Waals surface area contributed by atoms with Crippen molar-refractivity contribution >= 4 is 29.1 Å². The molecule has 0 saturated heterocycles. The van der Waals surface area contributed by atoms with Gasteiger partial charge in [-0.2, -0.15) is 0 Å². The molecule has 1 aliphatic rings. The van der Waals surface area contributed by atoms with Crippen molar-refractivity contribution < 1.29 is 23.6 Å². The largest absolute Gasteiger partial charge is 0.496 e. The average molecular weight is 546 g/mol. The Labute approximate surface area is 225 Å².